The molecular weight excluding hydrogens is 362 g/mol. The van der Waals surface area contributed by atoms with E-state index in [0.717, 1.165) is 19.3 Å². The fourth-order valence-corrected chi connectivity index (χ4v) is 4.86. The Bertz CT molecular complexity index is 1070. The van der Waals surface area contributed by atoms with Crippen LogP contribution in [-0.4, -0.2) is 23.0 Å². The predicted octanol–water partition coefficient (Wildman–Crippen LogP) is 3.25. The Morgan fingerprint density at radius 2 is 2.22 bits per heavy atom. The van der Waals surface area contributed by atoms with Gasteiger partial charge in [-0.3, -0.25) is 4.79 Å². The molecule has 7 heteroatoms. The molecule has 2 aromatic heterocycles. The van der Waals surface area contributed by atoms with Gasteiger partial charge in [0.15, 0.2) is 0 Å². The van der Waals surface area contributed by atoms with Crippen LogP contribution in [0.4, 0.5) is 0 Å². The van der Waals surface area contributed by atoms with Crippen LogP contribution >= 0.6 is 11.3 Å². The number of benzene rings is 1. The standard InChI is InChI=1S/C20H21N3O3S/c1-11-16-18(24)22-15(23-19(16)27-17(11)20(25)26-2)10-21-14-9-5-7-12-6-3-4-8-13(12)14/h3-4,6,8,14,21H,5,7,9-10H2,1-2H3,(H,22,23,24)/t14-/m0/s1. The van der Waals surface area contributed by atoms with Crippen molar-refractivity contribution in [2.24, 2.45) is 0 Å². The van der Waals surface area contributed by atoms with E-state index in [0.29, 0.717) is 33.0 Å². The van der Waals surface area contributed by atoms with Crippen LogP contribution in [0, 0.1) is 6.92 Å². The number of fused-ring (bicyclic) bond motifs is 2. The van der Waals surface area contributed by atoms with Gasteiger partial charge < -0.3 is 15.0 Å². The number of carbonyl (C=O) groups excluding carboxylic acids is 1. The number of ether oxygens (including phenoxy) is 1. The van der Waals surface area contributed by atoms with Gasteiger partial charge in [0.25, 0.3) is 5.56 Å². The third-order valence-electron chi connectivity index (χ3n) is 5.11. The Labute approximate surface area is 160 Å². The van der Waals surface area contributed by atoms with Gasteiger partial charge in [0.05, 0.1) is 19.0 Å². The summed E-state index contributed by atoms with van der Waals surface area (Å²) in [6, 6.07) is 8.74. The van der Waals surface area contributed by atoms with Gasteiger partial charge in [-0.2, -0.15) is 0 Å². The Balaban J connectivity index is 1.60. The van der Waals surface area contributed by atoms with Crippen molar-refractivity contribution in [3.05, 3.63) is 62.0 Å². The highest BCUT2D eigenvalue weighted by atomic mass is 32.1. The van der Waals surface area contributed by atoms with Gasteiger partial charge in [0.1, 0.15) is 15.5 Å². The lowest BCUT2D eigenvalue weighted by Gasteiger charge is -2.26. The first-order valence-corrected chi connectivity index (χ1v) is 9.82. The van der Waals surface area contributed by atoms with E-state index in [-0.39, 0.29) is 11.6 Å². The predicted molar refractivity (Wildman–Crippen MR) is 105 cm³/mol. The monoisotopic (exact) mass is 383 g/mol. The van der Waals surface area contributed by atoms with E-state index in [9.17, 15) is 9.59 Å². The number of thiophene rings is 1. The van der Waals surface area contributed by atoms with Crippen molar-refractivity contribution in [3.8, 4) is 0 Å². The molecule has 3 aromatic rings. The van der Waals surface area contributed by atoms with Crippen LogP contribution in [0.2, 0.25) is 0 Å². The smallest absolute Gasteiger partial charge is 0.348 e. The molecule has 1 atom stereocenters. The summed E-state index contributed by atoms with van der Waals surface area (Å²) >= 11 is 1.20. The molecule has 6 nitrogen and oxygen atoms in total. The molecule has 0 bridgehead atoms. The van der Waals surface area contributed by atoms with Crippen molar-refractivity contribution in [2.45, 2.75) is 38.8 Å². The molecule has 1 aliphatic rings. The maximum atomic E-state index is 12.5. The molecule has 2 N–H and O–H groups in total. The molecule has 1 aromatic carbocycles. The molecule has 0 spiro atoms. The summed E-state index contributed by atoms with van der Waals surface area (Å²) < 4.78 is 4.80. The fourth-order valence-electron chi connectivity index (χ4n) is 3.75. The zero-order valence-electron chi connectivity index (χ0n) is 15.3. The molecule has 4 rings (SSSR count). The topological polar surface area (TPSA) is 84.1 Å². The first kappa shape index (κ1) is 17.9. The number of rotatable bonds is 4. The van der Waals surface area contributed by atoms with E-state index in [1.807, 2.05) is 0 Å². The lowest BCUT2D eigenvalue weighted by atomic mass is 9.88. The normalized spacial score (nSPS) is 16.3. The third kappa shape index (κ3) is 3.28. The SMILES string of the molecule is COC(=O)c1sc2nc(CN[C@H]3CCCc4ccccc43)[nH]c(=O)c2c1C. The van der Waals surface area contributed by atoms with Crippen molar-refractivity contribution in [3.63, 3.8) is 0 Å². The van der Waals surface area contributed by atoms with Crippen LogP contribution in [0.15, 0.2) is 29.1 Å². The maximum Gasteiger partial charge on any atom is 0.348 e. The number of nitrogens with zero attached hydrogens (tertiary/aromatic N) is 1. The fraction of sp³-hybridized carbons (Fsp3) is 0.350. The highest BCUT2D eigenvalue weighted by Crippen LogP contribution is 2.30. The molecule has 0 radical (unpaired) electrons. The summed E-state index contributed by atoms with van der Waals surface area (Å²) in [7, 11) is 1.33. The molecule has 0 unspecified atom stereocenters. The summed E-state index contributed by atoms with van der Waals surface area (Å²) in [6.07, 6.45) is 3.32. The highest BCUT2D eigenvalue weighted by Gasteiger charge is 2.21. The van der Waals surface area contributed by atoms with Crippen molar-refractivity contribution < 1.29 is 9.53 Å². The van der Waals surface area contributed by atoms with E-state index in [4.69, 9.17) is 4.74 Å². The molecule has 27 heavy (non-hydrogen) atoms. The minimum atomic E-state index is -0.437. The second kappa shape index (κ2) is 7.25. The second-order valence-electron chi connectivity index (χ2n) is 6.77. The Hall–Kier alpha value is -2.51. The van der Waals surface area contributed by atoms with Crippen LogP contribution < -0.4 is 10.9 Å². The summed E-state index contributed by atoms with van der Waals surface area (Å²) in [6.45, 7) is 2.22. The zero-order valence-corrected chi connectivity index (χ0v) is 16.1. The van der Waals surface area contributed by atoms with Crippen LogP contribution in [0.25, 0.3) is 10.2 Å². The lowest BCUT2D eigenvalue weighted by Crippen LogP contribution is -2.26. The van der Waals surface area contributed by atoms with Crippen molar-refractivity contribution in [1.82, 2.24) is 15.3 Å². The summed E-state index contributed by atoms with van der Waals surface area (Å²) in [5, 5.41) is 3.99. The first-order chi connectivity index (χ1) is 13.1. The maximum absolute atomic E-state index is 12.5. The van der Waals surface area contributed by atoms with Crippen LogP contribution in [0.5, 0.6) is 0 Å². The molecule has 140 valence electrons. The number of methoxy groups -OCH3 is 1. The second-order valence-corrected chi connectivity index (χ2v) is 7.76. The van der Waals surface area contributed by atoms with Crippen molar-refractivity contribution in [1.29, 1.82) is 0 Å². The van der Waals surface area contributed by atoms with Gasteiger partial charge in [-0.15, -0.1) is 11.3 Å². The number of hydrogen-bond donors (Lipinski definition) is 2. The number of aryl methyl sites for hydroxylation is 2. The van der Waals surface area contributed by atoms with Crippen LogP contribution in [-0.2, 0) is 17.7 Å². The van der Waals surface area contributed by atoms with E-state index in [2.05, 4.69) is 39.6 Å². The number of nitrogens with one attached hydrogen (secondary N) is 2. The summed E-state index contributed by atoms with van der Waals surface area (Å²) in [4.78, 5) is 32.8. The van der Waals surface area contributed by atoms with Gasteiger partial charge in [-0.05, 0) is 42.9 Å². The van der Waals surface area contributed by atoms with Crippen LogP contribution in [0.3, 0.4) is 0 Å². The van der Waals surface area contributed by atoms with Crippen LogP contribution in [0.1, 0.15) is 51.1 Å². The van der Waals surface area contributed by atoms with E-state index in [1.54, 1.807) is 6.92 Å². The number of esters is 1. The van der Waals surface area contributed by atoms with E-state index in [1.165, 1.54) is 29.6 Å². The van der Waals surface area contributed by atoms with Gasteiger partial charge in [0.2, 0.25) is 0 Å². The number of aromatic nitrogens is 2. The highest BCUT2D eigenvalue weighted by molar-refractivity contribution is 7.20. The first-order valence-electron chi connectivity index (χ1n) is 9.00. The number of aromatic amines is 1. The quantitative estimate of drug-likeness (QED) is 0.676. The molecule has 0 aliphatic heterocycles. The molecule has 1 aliphatic carbocycles. The molecule has 0 saturated heterocycles. The van der Waals surface area contributed by atoms with Gasteiger partial charge >= 0.3 is 5.97 Å². The zero-order chi connectivity index (χ0) is 19.0. The Kier molecular flexibility index (Phi) is 4.80. The van der Waals surface area contributed by atoms with E-state index >= 15 is 0 Å². The van der Waals surface area contributed by atoms with Gasteiger partial charge in [-0.1, -0.05) is 24.3 Å². The average molecular weight is 383 g/mol. The minimum Gasteiger partial charge on any atom is -0.465 e. The molecule has 0 amide bonds. The summed E-state index contributed by atoms with van der Waals surface area (Å²) in [5.41, 5.74) is 3.11. The third-order valence-corrected chi connectivity index (χ3v) is 6.27. The number of H-pyrrole nitrogens is 1. The molecule has 0 saturated carbocycles. The average Bonchev–Trinajstić information content (AvgIpc) is 3.02. The lowest BCUT2D eigenvalue weighted by molar-refractivity contribution is 0.0605. The minimum absolute atomic E-state index is 0.218. The van der Waals surface area contributed by atoms with E-state index < -0.39 is 5.97 Å². The Morgan fingerprint density at radius 3 is 3.04 bits per heavy atom. The summed E-state index contributed by atoms with van der Waals surface area (Å²) in [5.74, 6) is 0.140. The molecule has 2 heterocycles. The number of carbonyl (C=O) groups is 1. The Morgan fingerprint density at radius 1 is 1.41 bits per heavy atom. The van der Waals surface area contributed by atoms with Crippen molar-refractivity contribution >= 4 is 27.5 Å². The molecule has 0 fully saturated rings. The van der Waals surface area contributed by atoms with Gasteiger partial charge in [-0.25, -0.2) is 9.78 Å². The van der Waals surface area contributed by atoms with Gasteiger partial charge in [0, 0.05) is 6.04 Å². The number of hydrogen-bond acceptors (Lipinski definition) is 6. The molecular formula is C20H21N3O3S. The van der Waals surface area contributed by atoms with Crippen molar-refractivity contribution in [2.75, 3.05) is 7.11 Å². The largest absolute Gasteiger partial charge is 0.465 e.